The van der Waals surface area contributed by atoms with Gasteiger partial charge in [0.05, 0.1) is 23.0 Å². The van der Waals surface area contributed by atoms with Crippen molar-refractivity contribution in [1.29, 1.82) is 0 Å². The number of nitrogens with zero attached hydrogens (tertiary/aromatic N) is 3. The Morgan fingerprint density at radius 3 is 2.56 bits per heavy atom. The molecule has 1 aliphatic heterocycles. The lowest BCUT2D eigenvalue weighted by Gasteiger charge is -2.16. The predicted octanol–water partition coefficient (Wildman–Crippen LogP) is 5.61. The zero-order valence-electron chi connectivity index (χ0n) is 20.1. The number of halogens is 2. The smallest absolute Gasteiger partial charge is 0.175 e. The largest absolute Gasteiger partial charge is 0.508 e. The van der Waals surface area contributed by atoms with Gasteiger partial charge in [-0.25, -0.2) is 13.8 Å². The van der Waals surface area contributed by atoms with Crippen molar-refractivity contribution in [3.8, 4) is 29.4 Å². The van der Waals surface area contributed by atoms with Gasteiger partial charge in [0.25, 0.3) is 0 Å². The van der Waals surface area contributed by atoms with Crippen molar-refractivity contribution in [3.05, 3.63) is 52.9 Å². The molecule has 1 saturated heterocycles. The van der Waals surface area contributed by atoms with E-state index in [2.05, 4.69) is 11.2 Å². The number of terminal acetylenes is 1. The number of piperidine rings is 1. The van der Waals surface area contributed by atoms with E-state index < -0.39 is 11.6 Å². The summed E-state index contributed by atoms with van der Waals surface area (Å²) in [7, 11) is 0. The van der Waals surface area contributed by atoms with Gasteiger partial charge in [0.2, 0.25) is 0 Å². The molecule has 2 aromatic heterocycles. The number of pyridine rings is 1. The molecule has 2 N–H and O–H groups in total. The molecule has 3 atom stereocenters. The zero-order chi connectivity index (χ0) is 24.9. The van der Waals surface area contributed by atoms with Crippen molar-refractivity contribution < 1.29 is 13.9 Å². The number of aromatic hydroxyl groups is 1. The molecule has 36 heavy (non-hydrogen) atoms. The van der Waals surface area contributed by atoms with Crippen LogP contribution in [0.15, 0.2) is 24.3 Å². The second-order valence-electron chi connectivity index (χ2n) is 10.8. The van der Waals surface area contributed by atoms with Crippen LogP contribution in [-0.2, 0) is 0 Å². The van der Waals surface area contributed by atoms with Crippen LogP contribution in [-0.4, -0.2) is 33.0 Å². The fraction of sp³-hybridized carbons (Fsp3) is 0.379. The average molecular weight is 485 g/mol. The molecule has 7 heteroatoms. The van der Waals surface area contributed by atoms with Crippen LogP contribution in [0, 0.1) is 35.8 Å². The highest BCUT2D eigenvalue weighted by atomic mass is 19.1. The standard InChI is InChI=1S/C29H26F2N4O/c1-4-17-21(30)8-5-14-9-16(36)10-18(22(14)17)27-25(31)29-24(26(33-27)13(2)3)28(34-35(29)15-6-7-15)23-19-11-32-12-20(19)23/h1,5,8-10,13,15,19-20,23,32,36H,6-7,11-12H2,2-3H3/t19-,20+,23?. The molecule has 3 aliphatic rings. The Morgan fingerprint density at radius 1 is 1.14 bits per heavy atom. The Balaban J connectivity index is 1.57. The summed E-state index contributed by atoms with van der Waals surface area (Å²) in [5.74, 6) is 2.70. The van der Waals surface area contributed by atoms with Crippen LogP contribution in [0.1, 0.15) is 61.5 Å². The van der Waals surface area contributed by atoms with Gasteiger partial charge in [-0.2, -0.15) is 5.10 Å². The second-order valence-corrected chi connectivity index (χ2v) is 10.8. The van der Waals surface area contributed by atoms with Crippen molar-refractivity contribution in [1.82, 2.24) is 20.1 Å². The van der Waals surface area contributed by atoms with E-state index in [1.54, 1.807) is 6.07 Å². The van der Waals surface area contributed by atoms with E-state index in [9.17, 15) is 9.50 Å². The van der Waals surface area contributed by atoms with E-state index in [0.29, 0.717) is 34.0 Å². The van der Waals surface area contributed by atoms with E-state index in [-0.39, 0.29) is 34.5 Å². The van der Waals surface area contributed by atoms with Crippen LogP contribution in [0.4, 0.5) is 8.78 Å². The molecule has 3 fully saturated rings. The number of phenolic OH excluding ortho intramolecular Hbond substituents is 1. The van der Waals surface area contributed by atoms with Gasteiger partial charge in [-0.05, 0) is 67.3 Å². The van der Waals surface area contributed by atoms with E-state index >= 15 is 4.39 Å². The molecule has 0 spiro atoms. The quantitative estimate of drug-likeness (QED) is 0.370. The fourth-order valence-electron chi connectivity index (χ4n) is 6.24. The second kappa shape index (κ2) is 7.50. The normalized spacial score (nSPS) is 22.9. The summed E-state index contributed by atoms with van der Waals surface area (Å²) < 4.78 is 33.3. The van der Waals surface area contributed by atoms with E-state index in [0.717, 1.165) is 42.7 Å². The summed E-state index contributed by atoms with van der Waals surface area (Å²) in [6.07, 6.45) is 7.61. The minimum Gasteiger partial charge on any atom is -0.508 e. The topological polar surface area (TPSA) is 63.0 Å². The third kappa shape index (κ3) is 2.97. The number of hydrogen-bond acceptors (Lipinski definition) is 4. The van der Waals surface area contributed by atoms with Gasteiger partial charge < -0.3 is 10.4 Å². The molecule has 0 bridgehead atoms. The Morgan fingerprint density at radius 2 is 1.89 bits per heavy atom. The maximum absolute atomic E-state index is 16.7. The molecule has 2 aliphatic carbocycles. The van der Waals surface area contributed by atoms with Crippen molar-refractivity contribution in [2.45, 2.75) is 44.6 Å². The number of hydrogen-bond donors (Lipinski definition) is 2. The molecule has 3 heterocycles. The number of phenols is 1. The molecular weight excluding hydrogens is 458 g/mol. The van der Waals surface area contributed by atoms with Crippen LogP contribution in [0.3, 0.4) is 0 Å². The number of nitrogens with one attached hydrogen (secondary N) is 1. The minimum atomic E-state index is -0.568. The molecule has 182 valence electrons. The first kappa shape index (κ1) is 21.8. The predicted molar refractivity (Wildman–Crippen MR) is 135 cm³/mol. The summed E-state index contributed by atoms with van der Waals surface area (Å²) in [4.78, 5) is 4.88. The summed E-state index contributed by atoms with van der Waals surface area (Å²) in [5.41, 5.74) is 2.60. The first-order valence-corrected chi connectivity index (χ1v) is 12.6. The van der Waals surface area contributed by atoms with Crippen LogP contribution < -0.4 is 5.32 Å². The molecule has 0 amide bonds. The van der Waals surface area contributed by atoms with Gasteiger partial charge in [-0.15, -0.1) is 6.42 Å². The molecule has 4 aromatic rings. The highest BCUT2D eigenvalue weighted by molar-refractivity contribution is 6.03. The van der Waals surface area contributed by atoms with Gasteiger partial charge in [0.15, 0.2) is 5.82 Å². The summed E-state index contributed by atoms with van der Waals surface area (Å²) in [5, 5.41) is 20.7. The minimum absolute atomic E-state index is 0.00609. The molecule has 2 saturated carbocycles. The van der Waals surface area contributed by atoms with Crippen molar-refractivity contribution >= 4 is 21.7 Å². The van der Waals surface area contributed by atoms with Gasteiger partial charge in [-0.3, -0.25) is 4.68 Å². The SMILES string of the molecule is C#Cc1c(F)ccc2cc(O)cc(-c3nc(C(C)C)c4c(C5[C@H]6CNC[C@@H]56)nn(C5CC5)c4c3F)c12. The number of aromatic nitrogens is 3. The fourth-order valence-corrected chi connectivity index (χ4v) is 6.24. The van der Waals surface area contributed by atoms with Crippen LogP contribution >= 0.6 is 0 Å². The summed E-state index contributed by atoms with van der Waals surface area (Å²) in [6, 6.07) is 5.91. The number of fused-ring (bicyclic) bond motifs is 3. The molecule has 1 unspecified atom stereocenters. The third-order valence-electron chi connectivity index (χ3n) is 8.14. The van der Waals surface area contributed by atoms with Crippen LogP contribution in [0.5, 0.6) is 5.75 Å². The Labute approximate surface area is 207 Å². The Bertz CT molecular complexity index is 1620. The number of rotatable bonds is 4. The first-order chi connectivity index (χ1) is 17.4. The van der Waals surface area contributed by atoms with Gasteiger partial charge in [0, 0.05) is 22.3 Å². The number of benzene rings is 2. The monoisotopic (exact) mass is 484 g/mol. The van der Waals surface area contributed by atoms with Gasteiger partial charge >= 0.3 is 0 Å². The van der Waals surface area contributed by atoms with Crippen molar-refractivity contribution in [3.63, 3.8) is 0 Å². The lowest BCUT2D eigenvalue weighted by atomic mass is 9.94. The molecule has 2 aromatic carbocycles. The molecular formula is C29H26F2N4O. The van der Waals surface area contributed by atoms with Gasteiger partial charge in [0.1, 0.15) is 22.8 Å². The lowest BCUT2D eigenvalue weighted by molar-refractivity contribution is 0.476. The molecule has 7 rings (SSSR count). The van der Waals surface area contributed by atoms with E-state index in [1.807, 2.05) is 18.5 Å². The lowest BCUT2D eigenvalue weighted by Crippen LogP contribution is -2.14. The maximum atomic E-state index is 16.7. The Hall–Kier alpha value is -3.50. The van der Waals surface area contributed by atoms with Crippen molar-refractivity contribution in [2.24, 2.45) is 11.8 Å². The van der Waals surface area contributed by atoms with Crippen molar-refractivity contribution in [2.75, 3.05) is 13.1 Å². The van der Waals surface area contributed by atoms with Crippen LogP contribution in [0.25, 0.3) is 32.9 Å². The maximum Gasteiger partial charge on any atom is 0.175 e. The first-order valence-electron chi connectivity index (χ1n) is 12.6. The Kier molecular flexibility index (Phi) is 4.53. The summed E-state index contributed by atoms with van der Waals surface area (Å²) >= 11 is 0. The zero-order valence-corrected chi connectivity index (χ0v) is 20.1. The summed E-state index contributed by atoms with van der Waals surface area (Å²) in [6.45, 7) is 6.02. The average Bonchev–Trinajstić information content (AvgIpc) is 3.73. The van der Waals surface area contributed by atoms with Gasteiger partial charge in [-0.1, -0.05) is 25.8 Å². The third-order valence-corrected chi connectivity index (χ3v) is 8.14. The van der Waals surface area contributed by atoms with E-state index in [4.69, 9.17) is 16.5 Å². The highest BCUT2D eigenvalue weighted by Crippen LogP contribution is 2.58. The molecule has 0 radical (unpaired) electrons. The highest BCUT2D eigenvalue weighted by Gasteiger charge is 2.56. The molecule has 5 nitrogen and oxygen atoms in total. The van der Waals surface area contributed by atoms with Crippen LogP contribution in [0.2, 0.25) is 0 Å². The van der Waals surface area contributed by atoms with E-state index in [1.165, 1.54) is 18.2 Å².